The SMILES string of the molecule is Cc1cccc(F)c1C(=O)N1C2COCC2CC(C(=O)Nc2ccc3cnn(C)c3c2)C1c1ccc(NC2CCCC2)cc1. The van der Waals surface area contributed by atoms with Crippen LogP contribution in [0.2, 0.25) is 0 Å². The highest BCUT2D eigenvalue weighted by molar-refractivity contribution is 5.99. The number of ether oxygens (including phenoxy) is 1. The Bertz CT molecular complexity index is 1680. The van der Waals surface area contributed by atoms with Crippen LogP contribution in [-0.4, -0.2) is 51.8 Å². The van der Waals surface area contributed by atoms with Gasteiger partial charge < -0.3 is 20.3 Å². The lowest BCUT2D eigenvalue weighted by Gasteiger charge is -2.47. The molecular weight excluding hydrogens is 557 g/mol. The van der Waals surface area contributed by atoms with Crippen molar-refractivity contribution < 1.29 is 18.7 Å². The van der Waals surface area contributed by atoms with Crippen molar-refractivity contribution in [2.45, 2.75) is 57.2 Å². The zero-order chi connectivity index (χ0) is 30.4. The molecule has 3 aromatic carbocycles. The van der Waals surface area contributed by atoms with Crippen molar-refractivity contribution in [3.63, 3.8) is 0 Å². The zero-order valence-electron chi connectivity index (χ0n) is 25.1. The highest BCUT2D eigenvalue weighted by Gasteiger charge is 2.51. The number of nitrogens with one attached hydrogen (secondary N) is 2. The number of likely N-dealkylation sites (tertiary alicyclic amines) is 1. The maximum Gasteiger partial charge on any atom is 0.257 e. The van der Waals surface area contributed by atoms with E-state index in [0.29, 0.717) is 36.9 Å². The average molecular weight is 596 g/mol. The van der Waals surface area contributed by atoms with Gasteiger partial charge in [0.2, 0.25) is 5.91 Å². The van der Waals surface area contributed by atoms with Gasteiger partial charge in [-0.3, -0.25) is 14.3 Å². The van der Waals surface area contributed by atoms with E-state index in [9.17, 15) is 9.59 Å². The van der Waals surface area contributed by atoms with Gasteiger partial charge in [-0.2, -0.15) is 5.10 Å². The van der Waals surface area contributed by atoms with E-state index in [4.69, 9.17) is 4.74 Å². The van der Waals surface area contributed by atoms with Gasteiger partial charge in [0, 0.05) is 35.8 Å². The molecule has 1 saturated carbocycles. The van der Waals surface area contributed by atoms with E-state index in [0.717, 1.165) is 35.0 Å². The predicted octanol–water partition coefficient (Wildman–Crippen LogP) is 6.23. The number of amides is 2. The normalized spacial score (nSPS) is 23.6. The summed E-state index contributed by atoms with van der Waals surface area (Å²) in [4.78, 5) is 30.4. The van der Waals surface area contributed by atoms with Crippen LogP contribution in [0, 0.1) is 24.6 Å². The fraction of sp³-hybridized carbons (Fsp3) is 0.400. The Morgan fingerprint density at radius 1 is 1.00 bits per heavy atom. The van der Waals surface area contributed by atoms with E-state index in [-0.39, 0.29) is 23.4 Å². The van der Waals surface area contributed by atoms with Gasteiger partial charge in [-0.1, -0.05) is 37.1 Å². The molecule has 1 aromatic heterocycles. The number of fused-ring (bicyclic) bond motifs is 2. The van der Waals surface area contributed by atoms with Crippen LogP contribution >= 0.6 is 0 Å². The molecule has 2 aliphatic heterocycles. The molecule has 4 atom stereocenters. The van der Waals surface area contributed by atoms with Gasteiger partial charge in [-0.25, -0.2) is 4.39 Å². The lowest BCUT2D eigenvalue weighted by molar-refractivity contribution is -0.124. The second kappa shape index (κ2) is 11.7. The summed E-state index contributed by atoms with van der Waals surface area (Å²) in [5, 5.41) is 12.1. The lowest BCUT2D eigenvalue weighted by Crippen LogP contribution is -2.55. The van der Waals surface area contributed by atoms with Crippen LogP contribution in [-0.2, 0) is 16.6 Å². The molecule has 2 saturated heterocycles. The molecule has 3 fully saturated rings. The standard InChI is InChI=1S/C35H38FN5O3/c1-21-6-5-9-29(36)32(21)35(43)41-31-20-44-19-24(31)16-28(34(42)39-27-15-12-23-18-37-40(2)30(23)17-27)33(41)22-10-13-26(14-11-22)38-25-7-3-4-8-25/h5-6,9-15,17-18,24-25,28,31,33,38H,3-4,7-8,16,19-20H2,1-2H3,(H,39,42). The first-order valence-electron chi connectivity index (χ1n) is 15.6. The Morgan fingerprint density at radius 2 is 1.77 bits per heavy atom. The molecule has 3 heterocycles. The summed E-state index contributed by atoms with van der Waals surface area (Å²) in [5.74, 6) is -1.77. The number of halogens is 1. The van der Waals surface area contributed by atoms with Gasteiger partial charge in [-0.15, -0.1) is 0 Å². The number of benzene rings is 3. The zero-order valence-corrected chi connectivity index (χ0v) is 25.1. The first-order chi connectivity index (χ1) is 21.4. The third-order valence-corrected chi connectivity index (χ3v) is 9.76. The monoisotopic (exact) mass is 595 g/mol. The number of piperidine rings is 1. The summed E-state index contributed by atoms with van der Waals surface area (Å²) in [6, 6.07) is 18.1. The molecule has 44 heavy (non-hydrogen) atoms. The average Bonchev–Trinajstić information content (AvgIpc) is 3.79. The first kappa shape index (κ1) is 28.5. The molecule has 2 N–H and O–H groups in total. The van der Waals surface area contributed by atoms with E-state index in [1.54, 1.807) is 34.8 Å². The summed E-state index contributed by atoms with van der Waals surface area (Å²) < 4.78 is 23.0. The Balaban J connectivity index is 1.27. The molecule has 4 aromatic rings. The number of carbonyl (C=O) groups is 2. The van der Waals surface area contributed by atoms with Crippen LogP contribution in [0.25, 0.3) is 10.9 Å². The Hall–Kier alpha value is -4.24. The van der Waals surface area contributed by atoms with E-state index in [2.05, 4.69) is 15.7 Å². The smallest absolute Gasteiger partial charge is 0.257 e. The van der Waals surface area contributed by atoms with Gasteiger partial charge >= 0.3 is 0 Å². The minimum atomic E-state index is -0.606. The van der Waals surface area contributed by atoms with Crippen LogP contribution in [0.4, 0.5) is 15.8 Å². The van der Waals surface area contributed by atoms with Crippen LogP contribution in [0.15, 0.2) is 66.9 Å². The highest BCUT2D eigenvalue weighted by Crippen LogP contribution is 2.46. The van der Waals surface area contributed by atoms with Crippen LogP contribution in [0.1, 0.15) is 59.6 Å². The van der Waals surface area contributed by atoms with Crippen molar-refractivity contribution >= 4 is 34.1 Å². The van der Waals surface area contributed by atoms with Crippen molar-refractivity contribution in [1.29, 1.82) is 0 Å². The number of hydrogen-bond donors (Lipinski definition) is 2. The molecule has 0 radical (unpaired) electrons. The third kappa shape index (κ3) is 5.23. The molecule has 8 nitrogen and oxygen atoms in total. The molecule has 4 unspecified atom stereocenters. The second-order valence-corrected chi connectivity index (χ2v) is 12.6. The number of carbonyl (C=O) groups excluding carboxylic acids is 2. The Labute approximate surface area is 256 Å². The van der Waals surface area contributed by atoms with E-state index in [1.807, 2.05) is 49.5 Å². The molecule has 1 aliphatic carbocycles. The van der Waals surface area contributed by atoms with Crippen LogP contribution in [0.3, 0.4) is 0 Å². The third-order valence-electron chi connectivity index (χ3n) is 9.76. The largest absolute Gasteiger partial charge is 0.382 e. The van der Waals surface area contributed by atoms with Gasteiger partial charge in [0.1, 0.15) is 5.82 Å². The maximum absolute atomic E-state index is 15.3. The quantitative estimate of drug-likeness (QED) is 0.276. The van der Waals surface area contributed by atoms with Gasteiger partial charge in [0.15, 0.2) is 0 Å². The number of hydrogen-bond acceptors (Lipinski definition) is 5. The molecule has 228 valence electrons. The lowest BCUT2D eigenvalue weighted by atomic mass is 9.76. The number of anilines is 2. The van der Waals surface area contributed by atoms with E-state index < -0.39 is 23.7 Å². The molecule has 7 rings (SSSR count). The Morgan fingerprint density at radius 3 is 2.55 bits per heavy atom. The Kier molecular flexibility index (Phi) is 7.58. The minimum Gasteiger partial charge on any atom is -0.382 e. The second-order valence-electron chi connectivity index (χ2n) is 12.6. The molecule has 0 spiro atoms. The van der Waals surface area contributed by atoms with Crippen molar-refractivity contribution in [1.82, 2.24) is 14.7 Å². The van der Waals surface area contributed by atoms with Gasteiger partial charge in [0.25, 0.3) is 5.91 Å². The van der Waals surface area contributed by atoms with Crippen molar-refractivity contribution in [3.8, 4) is 0 Å². The summed E-state index contributed by atoms with van der Waals surface area (Å²) in [7, 11) is 1.87. The van der Waals surface area contributed by atoms with E-state index >= 15 is 4.39 Å². The fourth-order valence-electron chi connectivity index (χ4n) is 7.47. The first-order valence-corrected chi connectivity index (χ1v) is 15.6. The maximum atomic E-state index is 15.3. The molecule has 2 amide bonds. The summed E-state index contributed by atoms with van der Waals surface area (Å²) >= 11 is 0. The highest BCUT2D eigenvalue weighted by atomic mass is 19.1. The summed E-state index contributed by atoms with van der Waals surface area (Å²) in [6.45, 7) is 2.56. The topological polar surface area (TPSA) is 88.5 Å². The van der Waals surface area contributed by atoms with Crippen molar-refractivity contribution in [2.75, 3.05) is 23.8 Å². The number of rotatable bonds is 6. The fourth-order valence-corrected chi connectivity index (χ4v) is 7.47. The van der Waals surface area contributed by atoms with Crippen LogP contribution in [0.5, 0.6) is 0 Å². The summed E-state index contributed by atoms with van der Waals surface area (Å²) in [5.41, 5.74) is 4.04. The number of nitrogens with zero attached hydrogens (tertiary/aromatic N) is 3. The van der Waals surface area contributed by atoms with Crippen molar-refractivity contribution in [3.05, 3.63) is 89.4 Å². The summed E-state index contributed by atoms with van der Waals surface area (Å²) in [6.07, 6.45) is 7.13. The predicted molar refractivity (Wildman–Crippen MR) is 168 cm³/mol. The number of aromatic nitrogens is 2. The van der Waals surface area contributed by atoms with Gasteiger partial charge in [0.05, 0.1) is 48.5 Å². The molecule has 0 bridgehead atoms. The molecular formula is C35H38FN5O3. The number of aryl methyl sites for hydroxylation is 2. The van der Waals surface area contributed by atoms with Crippen molar-refractivity contribution in [2.24, 2.45) is 18.9 Å². The molecule has 9 heteroatoms. The van der Waals surface area contributed by atoms with Gasteiger partial charge in [-0.05, 0) is 73.7 Å². The van der Waals surface area contributed by atoms with Crippen LogP contribution < -0.4 is 10.6 Å². The minimum absolute atomic E-state index is 0.0408. The molecule has 3 aliphatic rings. The van der Waals surface area contributed by atoms with E-state index in [1.165, 1.54) is 18.9 Å².